The molecule has 7 heteroatoms. The van der Waals surface area contributed by atoms with Gasteiger partial charge in [-0.15, -0.1) is 0 Å². The topological polar surface area (TPSA) is 46.6 Å². The molecule has 1 aliphatic heterocycles. The normalized spacial score (nSPS) is 14.0. The molecule has 12 rings (SSSR count). The van der Waals surface area contributed by atoms with Crippen molar-refractivity contribution in [3.63, 3.8) is 0 Å². The first-order chi connectivity index (χ1) is 28.7. The Labute approximate surface area is 333 Å². The van der Waals surface area contributed by atoms with E-state index in [4.69, 9.17) is 14.4 Å². The average Bonchev–Trinajstić information content (AvgIpc) is 3.95. The number of alkyl halides is 1. The number of rotatable bonds is 5. The molecule has 5 heterocycles. The highest BCUT2D eigenvalue weighted by molar-refractivity contribution is 7.22. The summed E-state index contributed by atoms with van der Waals surface area (Å²) in [5.74, 6) is 0.757. The van der Waals surface area contributed by atoms with Crippen molar-refractivity contribution in [2.24, 2.45) is 0 Å². The number of hydrogen-bond donors (Lipinski definition) is 0. The second-order valence-corrected chi connectivity index (χ2v) is 18.7. The maximum Gasteiger partial charge on any atom is 0.185 e. The van der Waals surface area contributed by atoms with Gasteiger partial charge in [0, 0.05) is 57.1 Å². The quantitative estimate of drug-likeness (QED) is 0.129. The fourth-order valence-corrected chi connectivity index (χ4v) is 15.0. The van der Waals surface area contributed by atoms with E-state index < -0.39 is 14.2 Å². The summed E-state index contributed by atoms with van der Waals surface area (Å²) in [6.45, 7) is 0. The molecule has 0 amide bonds. The fourth-order valence-electron chi connectivity index (χ4n) is 9.71. The molecule has 0 N–H and O–H groups in total. The van der Waals surface area contributed by atoms with Crippen molar-refractivity contribution in [3.05, 3.63) is 206 Å². The number of nitrogens with zero attached hydrogens (tertiary/aromatic N) is 4. The summed E-state index contributed by atoms with van der Waals surface area (Å²) in [6, 6.07) is 60.9. The summed E-state index contributed by atoms with van der Waals surface area (Å²) in [5.41, 5.74) is 6.05. The minimum atomic E-state index is -3.18. The Balaban J connectivity index is 1.23. The van der Waals surface area contributed by atoms with Gasteiger partial charge in [-0.1, -0.05) is 133 Å². The minimum Gasteiger partial charge on any atom is -0.456 e. The second kappa shape index (κ2) is 12.6. The number of pyridine rings is 2. The first kappa shape index (κ1) is 32.8. The molecule has 274 valence electrons. The molecule has 58 heavy (non-hydrogen) atoms. The monoisotopic (exact) mass is 764 g/mol. The summed E-state index contributed by atoms with van der Waals surface area (Å²) in [6.07, 6.45) is 4.07. The zero-order valence-electron chi connectivity index (χ0n) is 31.1. The summed E-state index contributed by atoms with van der Waals surface area (Å²) >= 11 is 0. The highest BCUT2D eigenvalue weighted by atomic mass is 28.3. The first-order valence-electron chi connectivity index (χ1n) is 19.5. The van der Waals surface area contributed by atoms with Crippen molar-refractivity contribution in [1.82, 2.24) is 14.4 Å². The van der Waals surface area contributed by atoms with Gasteiger partial charge in [0.25, 0.3) is 0 Å². The van der Waals surface area contributed by atoms with Crippen LogP contribution in [0, 0.1) is 0 Å². The van der Waals surface area contributed by atoms with E-state index in [2.05, 4.69) is 118 Å². The number of fused-ring (bicyclic) bond motifs is 12. The van der Waals surface area contributed by atoms with Crippen LogP contribution in [0.5, 0.6) is 0 Å². The maximum absolute atomic E-state index is 18.2. The third-order valence-electron chi connectivity index (χ3n) is 12.1. The molecule has 1 aliphatic rings. The van der Waals surface area contributed by atoms with Crippen molar-refractivity contribution in [2.75, 3.05) is 4.90 Å². The molecule has 0 saturated carbocycles. The molecule has 1 atom stereocenters. The van der Waals surface area contributed by atoms with Crippen molar-refractivity contribution in [3.8, 4) is 0 Å². The Kier molecular flexibility index (Phi) is 7.12. The molecule has 0 aliphatic carbocycles. The van der Waals surface area contributed by atoms with Crippen LogP contribution in [0.15, 0.2) is 199 Å². The zero-order chi connectivity index (χ0) is 38.4. The Bertz CT molecular complexity index is 3340. The maximum atomic E-state index is 18.2. The molecule has 0 spiro atoms. The highest BCUT2D eigenvalue weighted by Crippen LogP contribution is 2.46. The Morgan fingerprint density at radius 3 is 2.07 bits per heavy atom. The Morgan fingerprint density at radius 1 is 0.569 bits per heavy atom. The van der Waals surface area contributed by atoms with E-state index in [9.17, 15) is 0 Å². The lowest BCUT2D eigenvalue weighted by Gasteiger charge is -2.45. The number of benzene rings is 7. The molecule has 0 fully saturated rings. The SMILES string of the molecule is FC(c1ccc2c3ccccc3n3ccnc3c2c1)c1cc2c(c3c1oc1ccccc13)[Si](c1ccccc1)(c1ccccc1)c1ccccc1N2c1ccccn1. The minimum absolute atomic E-state index is 0.466. The number of hydrogen-bond acceptors (Lipinski definition) is 4. The van der Waals surface area contributed by atoms with E-state index in [1.807, 2.05) is 85.3 Å². The molecule has 7 aromatic carbocycles. The number of para-hydroxylation sites is 3. The third-order valence-corrected chi connectivity index (χ3v) is 16.9. The van der Waals surface area contributed by atoms with Crippen molar-refractivity contribution in [1.29, 1.82) is 0 Å². The Hall–Kier alpha value is -7.35. The van der Waals surface area contributed by atoms with Gasteiger partial charge in [0.05, 0.1) is 5.52 Å². The van der Waals surface area contributed by atoms with Gasteiger partial charge in [-0.3, -0.25) is 9.30 Å². The van der Waals surface area contributed by atoms with Crippen LogP contribution < -0.4 is 25.6 Å². The van der Waals surface area contributed by atoms with Crippen LogP contribution in [0.3, 0.4) is 0 Å². The van der Waals surface area contributed by atoms with Gasteiger partial charge in [0.1, 0.15) is 22.6 Å². The second-order valence-electron chi connectivity index (χ2n) is 15.0. The predicted octanol–water partition coefficient (Wildman–Crippen LogP) is 10.2. The molecule has 4 aromatic heterocycles. The molecule has 0 saturated heterocycles. The largest absolute Gasteiger partial charge is 0.456 e. The summed E-state index contributed by atoms with van der Waals surface area (Å²) in [5, 5.41) is 9.75. The first-order valence-corrected chi connectivity index (χ1v) is 21.5. The van der Waals surface area contributed by atoms with E-state index in [1.54, 1.807) is 0 Å². The van der Waals surface area contributed by atoms with Crippen LogP contribution in [0.4, 0.5) is 21.6 Å². The average molecular weight is 765 g/mol. The van der Waals surface area contributed by atoms with Crippen LogP contribution in [0.25, 0.3) is 49.3 Å². The van der Waals surface area contributed by atoms with Gasteiger partial charge in [-0.05, 0) is 74.2 Å². The molecule has 0 bridgehead atoms. The number of halogens is 1. The summed E-state index contributed by atoms with van der Waals surface area (Å²) in [7, 11) is -3.18. The summed E-state index contributed by atoms with van der Waals surface area (Å²) < 4.78 is 27.2. The van der Waals surface area contributed by atoms with Gasteiger partial charge in [-0.2, -0.15) is 0 Å². The molecular formula is C51H33FN4OSi. The highest BCUT2D eigenvalue weighted by Gasteiger charge is 2.51. The number of aromatic nitrogens is 3. The lowest BCUT2D eigenvalue weighted by molar-refractivity contribution is 0.401. The fraction of sp³-hybridized carbons (Fsp3) is 0.0196. The molecule has 5 nitrogen and oxygen atoms in total. The van der Waals surface area contributed by atoms with E-state index in [-0.39, 0.29) is 0 Å². The van der Waals surface area contributed by atoms with E-state index in [0.29, 0.717) is 16.7 Å². The molecule has 0 radical (unpaired) electrons. The van der Waals surface area contributed by atoms with Crippen molar-refractivity contribution >= 4 is 95.3 Å². The van der Waals surface area contributed by atoms with Gasteiger partial charge >= 0.3 is 0 Å². The smallest absolute Gasteiger partial charge is 0.185 e. The standard InChI is InChI=1S/C51H33FN4OSi/c52-48(33-26-27-36-37-19-7-9-21-41(37)55-30-29-54-51(55)39(36)31-33)40-32-43-50(47-38-20-8-11-23-44(38)57-49(40)47)58(34-15-3-1-4-16-34,35-17-5-2-6-18-35)45-24-12-10-22-42(45)56(43)46-25-13-14-28-53-46/h1-32,48H. The van der Waals surface area contributed by atoms with Gasteiger partial charge < -0.3 is 4.42 Å². The molecule has 1 unspecified atom stereocenters. The Morgan fingerprint density at radius 2 is 1.28 bits per heavy atom. The number of anilines is 3. The van der Waals surface area contributed by atoms with Gasteiger partial charge in [0.15, 0.2) is 14.2 Å². The third kappa shape index (κ3) is 4.50. The number of imidazole rings is 1. The molecule has 11 aromatic rings. The van der Waals surface area contributed by atoms with Gasteiger partial charge in [-0.25, -0.2) is 14.4 Å². The summed E-state index contributed by atoms with van der Waals surface area (Å²) in [4.78, 5) is 11.9. The van der Waals surface area contributed by atoms with Crippen molar-refractivity contribution < 1.29 is 8.81 Å². The molecular weight excluding hydrogens is 732 g/mol. The predicted molar refractivity (Wildman–Crippen MR) is 237 cm³/mol. The lowest BCUT2D eigenvalue weighted by Crippen LogP contribution is -2.77. The lowest BCUT2D eigenvalue weighted by atomic mass is 9.96. The number of furan rings is 1. The van der Waals surface area contributed by atoms with Crippen LogP contribution in [-0.2, 0) is 0 Å². The van der Waals surface area contributed by atoms with E-state index >= 15 is 4.39 Å². The van der Waals surface area contributed by atoms with E-state index in [1.165, 1.54) is 15.6 Å². The van der Waals surface area contributed by atoms with Crippen molar-refractivity contribution in [2.45, 2.75) is 6.17 Å². The zero-order valence-corrected chi connectivity index (χ0v) is 32.1. The van der Waals surface area contributed by atoms with Crippen LogP contribution in [0.2, 0.25) is 0 Å². The van der Waals surface area contributed by atoms with Crippen LogP contribution in [0.1, 0.15) is 17.3 Å². The van der Waals surface area contributed by atoms with E-state index in [0.717, 1.165) is 66.1 Å². The van der Waals surface area contributed by atoms with Gasteiger partial charge in [0.2, 0.25) is 0 Å². The van der Waals surface area contributed by atoms with Crippen LogP contribution >= 0.6 is 0 Å². The van der Waals surface area contributed by atoms with Crippen LogP contribution in [-0.4, -0.2) is 22.4 Å².